The molecule has 1 aromatic rings. The molecule has 0 saturated carbocycles. The van der Waals surface area contributed by atoms with Crippen LogP contribution in [0.4, 0.5) is 0 Å². The lowest BCUT2D eigenvalue weighted by Gasteiger charge is -2.23. The van der Waals surface area contributed by atoms with Crippen LogP contribution in [0.1, 0.15) is 24.0 Å². The second kappa shape index (κ2) is 6.52. The normalized spacial score (nSPS) is 19.7. The van der Waals surface area contributed by atoms with Crippen LogP contribution in [-0.4, -0.2) is 30.3 Å². The van der Waals surface area contributed by atoms with Crippen molar-refractivity contribution in [3.05, 3.63) is 35.4 Å². The van der Waals surface area contributed by atoms with Crippen molar-refractivity contribution < 1.29 is 14.6 Å². The SMILES string of the molecule is O=C(O)Cc1ccccc1CNC1CCCOC1. The molecule has 1 aliphatic rings. The Morgan fingerprint density at radius 3 is 2.83 bits per heavy atom. The Morgan fingerprint density at radius 2 is 2.17 bits per heavy atom. The minimum atomic E-state index is -0.788. The lowest BCUT2D eigenvalue weighted by molar-refractivity contribution is -0.136. The first-order valence-electron chi connectivity index (χ1n) is 6.35. The molecular formula is C14H19NO3. The molecule has 0 aliphatic carbocycles. The van der Waals surface area contributed by atoms with E-state index in [9.17, 15) is 4.79 Å². The Balaban J connectivity index is 1.93. The number of ether oxygens (including phenoxy) is 1. The van der Waals surface area contributed by atoms with E-state index in [0.29, 0.717) is 12.6 Å². The van der Waals surface area contributed by atoms with Crippen LogP contribution in [0.3, 0.4) is 0 Å². The van der Waals surface area contributed by atoms with E-state index in [-0.39, 0.29) is 6.42 Å². The van der Waals surface area contributed by atoms with Crippen molar-refractivity contribution in [2.45, 2.75) is 31.8 Å². The van der Waals surface area contributed by atoms with E-state index in [2.05, 4.69) is 5.32 Å². The molecule has 0 spiro atoms. The Hall–Kier alpha value is -1.39. The van der Waals surface area contributed by atoms with Gasteiger partial charge in [-0.15, -0.1) is 0 Å². The number of benzene rings is 1. The van der Waals surface area contributed by atoms with E-state index in [1.165, 1.54) is 0 Å². The van der Waals surface area contributed by atoms with E-state index < -0.39 is 5.97 Å². The predicted octanol–water partition coefficient (Wildman–Crippen LogP) is 1.58. The number of nitrogens with one attached hydrogen (secondary N) is 1. The van der Waals surface area contributed by atoms with Gasteiger partial charge in [0.25, 0.3) is 0 Å². The number of carboxylic acid groups (broad SMARTS) is 1. The highest BCUT2D eigenvalue weighted by atomic mass is 16.5. The van der Waals surface area contributed by atoms with Crippen LogP contribution in [0.5, 0.6) is 0 Å². The summed E-state index contributed by atoms with van der Waals surface area (Å²) in [6.45, 7) is 2.31. The number of rotatable bonds is 5. The second-order valence-electron chi connectivity index (χ2n) is 4.63. The fraction of sp³-hybridized carbons (Fsp3) is 0.500. The Bertz CT molecular complexity index is 400. The Kier molecular flexibility index (Phi) is 4.73. The van der Waals surface area contributed by atoms with Crippen LogP contribution in [0.15, 0.2) is 24.3 Å². The molecule has 2 rings (SSSR count). The number of carbonyl (C=O) groups is 1. The maximum atomic E-state index is 10.8. The molecule has 98 valence electrons. The number of hydrogen-bond acceptors (Lipinski definition) is 3. The Labute approximate surface area is 107 Å². The van der Waals surface area contributed by atoms with Crippen molar-refractivity contribution in [1.82, 2.24) is 5.32 Å². The molecule has 0 amide bonds. The van der Waals surface area contributed by atoms with Gasteiger partial charge in [-0.1, -0.05) is 24.3 Å². The molecule has 4 heteroatoms. The second-order valence-corrected chi connectivity index (χ2v) is 4.63. The summed E-state index contributed by atoms with van der Waals surface area (Å²) in [5.41, 5.74) is 1.94. The van der Waals surface area contributed by atoms with Gasteiger partial charge in [-0.05, 0) is 24.0 Å². The molecule has 1 aliphatic heterocycles. The lowest BCUT2D eigenvalue weighted by atomic mass is 10.0. The number of hydrogen-bond donors (Lipinski definition) is 2. The van der Waals surface area contributed by atoms with E-state index in [4.69, 9.17) is 9.84 Å². The highest BCUT2D eigenvalue weighted by molar-refractivity contribution is 5.70. The summed E-state index contributed by atoms with van der Waals surface area (Å²) in [6, 6.07) is 8.07. The van der Waals surface area contributed by atoms with Crippen molar-refractivity contribution in [3.63, 3.8) is 0 Å². The summed E-state index contributed by atoms with van der Waals surface area (Å²) in [5.74, 6) is -0.788. The minimum Gasteiger partial charge on any atom is -0.481 e. The van der Waals surface area contributed by atoms with Crippen molar-refractivity contribution in [2.75, 3.05) is 13.2 Å². The van der Waals surface area contributed by atoms with Gasteiger partial charge in [-0.2, -0.15) is 0 Å². The maximum Gasteiger partial charge on any atom is 0.307 e. The summed E-state index contributed by atoms with van der Waals surface area (Å²) < 4.78 is 5.41. The van der Waals surface area contributed by atoms with Gasteiger partial charge >= 0.3 is 5.97 Å². The first-order valence-corrected chi connectivity index (χ1v) is 6.35. The first kappa shape index (κ1) is 13.1. The Morgan fingerprint density at radius 1 is 1.39 bits per heavy atom. The van der Waals surface area contributed by atoms with Gasteiger partial charge in [0, 0.05) is 19.2 Å². The molecule has 2 N–H and O–H groups in total. The predicted molar refractivity (Wildman–Crippen MR) is 68.5 cm³/mol. The zero-order valence-electron chi connectivity index (χ0n) is 10.4. The fourth-order valence-corrected chi connectivity index (χ4v) is 2.22. The van der Waals surface area contributed by atoms with E-state index in [1.807, 2.05) is 24.3 Å². The molecule has 1 unspecified atom stereocenters. The van der Waals surface area contributed by atoms with Gasteiger partial charge in [0.1, 0.15) is 0 Å². The molecule has 4 nitrogen and oxygen atoms in total. The number of aliphatic carboxylic acids is 1. The van der Waals surface area contributed by atoms with Crippen molar-refractivity contribution in [3.8, 4) is 0 Å². The van der Waals surface area contributed by atoms with Gasteiger partial charge in [0.2, 0.25) is 0 Å². The molecule has 1 heterocycles. The van der Waals surface area contributed by atoms with Crippen molar-refractivity contribution >= 4 is 5.97 Å². The summed E-state index contributed by atoms with van der Waals surface area (Å²) in [5, 5.41) is 12.3. The van der Waals surface area contributed by atoms with Crippen LogP contribution < -0.4 is 5.32 Å². The van der Waals surface area contributed by atoms with Gasteiger partial charge in [0.15, 0.2) is 0 Å². The average Bonchev–Trinajstić information content (AvgIpc) is 2.38. The topological polar surface area (TPSA) is 58.6 Å². The molecule has 1 aromatic carbocycles. The van der Waals surface area contributed by atoms with Crippen LogP contribution in [-0.2, 0) is 22.5 Å². The monoisotopic (exact) mass is 249 g/mol. The van der Waals surface area contributed by atoms with Crippen molar-refractivity contribution in [2.24, 2.45) is 0 Å². The summed E-state index contributed by atoms with van der Waals surface area (Å²) in [4.78, 5) is 10.8. The lowest BCUT2D eigenvalue weighted by Crippen LogP contribution is -2.36. The third kappa shape index (κ3) is 3.82. The number of carboxylic acids is 1. The van der Waals surface area contributed by atoms with Gasteiger partial charge in [-0.25, -0.2) is 0 Å². The van der Waals surface area contributed by atoms with Gasteiger partial charge in [-0.3, -0.25) is 4.79 Å². The fourth-order valence-electron chi connectivity index (χ4n) is 2.22. The molecule has 18 heavy (non-hydrogen) atoms. The molecule has 0 aromatic heterocycles. The highest BCUT2D eigenvalue weighted by Crippen LogP contribution is 2.12. The molecule has 1 fully saturated rings. The van der Waals surface area contributed by atoms with E-state index >= 15 is 0 Å². The standard InChI is InChI=1S/C14H19NO3/c16-14(17)8-11-4-1-2-5-12(11)9-15-13-6-3-7-18-10-13/h1-2,4-5,13,15H,3,6-10H2,(H,16,17). The molecule has 1 saturated heterocycles. The molecule has 1 atom stereocenters. The van der Waals surface area contributed by atoms with Crippen molar-refractivity contribution in [1.29, 1.82) is 0 Å². The third-order valence-corrected chi connectivity index (χ3v) is 3.20. The van der Waals surface area contributed by atoms with Crippen LogP contribution in [0.2, 0.25) is 0 Å². The van der Waals surface area contributed by atoms with Gasteiger partial charge < -0.3 is 15.2 Å². The van der Waals surface area contributed by atoms with E-state index in [1.54, 1.807) is 0 Å². The van der Waals surface area contributed by atoms with Crippen LogP contribution in [0.25, 0.3) is 0 Å². The zero-order valence-corrected chi connectivity index (χ0v) is 10.4. The molecular weight excluding hydrogens is 230 g/mol. The third-order valence-electron chi connectivity index (χ3n) is 3.20. The summed E-state index contributed by atoms with van der Waals surface area (Å²) in [7, 11) is 0. The summed E-state index contributed by atoms with van der Waals surface area (Å²) >= 11 is 0. The molecule has 0 bridgehead atoms. The highest BCUT2D eigenvalue weighted by Gasteiger charge is 2.14. The first-order chi connectivity index (χ1) is 8.75. The van der Waals surface area contributed by atoms with E-state index in [0.717, 1.165) is 37.2 Å². The quantitative estimate of drug-likeness (QED) is 0.832. The van der Waals surface area contributed by atoms with Crippen LogP contribution >= 0.6 is 0 Å². The smallest absolute Gasteiger partial charge is 0.307 e. The average molecular weight is 249 g/mol. The maximum absolute atomic E-state index is 10.8. The minimum absolute atomic E-state index is 0.0824. The van der Waals surface area contributed by atoms with Crippen LogP contribution in [0, 0.1) is 0 Å². The summed E-state index contributed by atoms with van der Waals surface area (Å²) in [6.07, 6.45) is 2.30. The molecule has 0 radical (unpaired) electrons. The zero-order chi connectivity index (χ0) is 12.8. The largest absolute Gasteiger partial charge is 0.481 e. The van der Waals surface area contributed by atoms with Gasteiger partial charge in [0.05, 0.1) is 13.0 Å².